The molecule has 2 N–H and O–H groups in total. The number of nitrogens with one attached hydrogen (secondary N) is 1. The first-order valence-electron chi connectivity index (χ1n) is 9.13. The van der Waals surface area contributed by atoms with Crippen molar-refractivity contribution in [2.45, 2.75) is 25.8 Å². The van der Waals surface area contributed by atoms with Crippen molar-refractivity contribution in [3.63, 3.8) is 0 Å². The normalized spacial score (nSPS) is 14.8. The number of rotatable bonds is 6. The molecule has 9 heteroatoms. The Morgan fingerprint density at radius 3 is 2.71 bits per heavy atom. The third-order valence-electron chi connectivity index (χ3n) is 4.85. The summed E-state index contributed by atoms with van der Waals surface area (Å²) >= 11 is 1.24. The van der Waals surface area contributed by atoms with Gasteiger partial charge < -0.3 is 15.3 Å². The SMILES string of the molecule is C[C@H](CO)N(C)C(=O)c1nn(-c2ccccc2)c2nc(NC(=O)C3CC3)sc12. The van der Waals surface area contributed by atoms with Gasteiger partial charge >= 0.3 is 0 Å². The molecule has 28 heavy (non-hydrogen) atoms. The number of fused-ring (bicyclic) bond motifs is 1. The van der Waals surface area contributed by atoms with Crippen LogP contribution in [0.1, 0.15) is 30.3 Å². The van der Waals surface area contributed by atoms with Crippen molar-refractivity contribution in [2.75, 3.05) is 19.0 Å². The minimum absolute atomic E-state index is 0.0329. The number of amides is 2. The zero-order valence-corrected chi connectivity index (χ0v) is 16.4. The quantitative estimate of drug-likeness (QED) is 0.662. The average molecular weight is 399 g/mol. The first kappa shape index (κ1) is 18.6. The van der Waals surface area contributed by atoms with E-state index < -0.39 is 0 Å². The number of hydrogen-bond donors (Lipinski definition) is 2. The molecule has 4 rings (SSSR count). The van der Waals surface area contributed by atoms with Crippen molar-refractivity contribution in [1.82, 2.24) is 19.7 Å². The Balaban J connectivity index is 1.78. The lowest BCUT2D eigenvalue weighted by Gasteiger charge is -2.22. The molecule has 1 aliphatic carbocycles. The standard InChI is InChI=1S/C19H21N5O3S/c1-11(10-25)23(2)18(27)14-15-16(24(22-14)13-6-4-3-5-7-13)20-19(28-15)21-17(26)12-8-9-12/h3-7,11-12,25H,8-10H2,1-2H3,(H,20,21,26)/t11-/m1/s1. The van der Waals surface area contributed by atoms with Crippen molar-refractivity contribution in [3.8, 4) is 5.69 Å². The van der Waals surface area contributed by atoms with Crippen LogP contribution >= 0.6 is 11.3 Å². The first-order valence-corrected chi connectivity index (χ1v) is 9.95. The molecular weight excluding hydrogens is 378 g/mol. The Bertz CT molecular complexity index is 1030. The van der Waals surface area contributed by atoms with Gasteiger partial charge in [-0.1, -0.05) is 29.5 Å². The van der Waals surface area contributed by atoms with E-state index in [2.05, 4.69) is 15.4 Å². The second-order valence-corrected chi connectivity index (χ2v) is 7.98. The summed E-state index contributed by atoms with van der Waals surface area (Å²) in [5, 5.41) is 17.2. The molecule has 3 aromatic rings. The monoisotopic (exact) mass is 399 g/mol. The van der Waals surface area contributed by atoms with Gasteiger partial charge in [-0.05, 0) is 31.9 Å². The van der Waals surface area contributed by atoms with E-state index in [1.54, 1.807) is 18.7 Å². The minimum atomic E-state index is -0.341. The molecule has 1 aliphatic rings. The summed E-state index contributed by atoms with van der Waals surface area (Å²) in [6.45, 7) is 1.62. The Labute approximate surface area is 165 Å². The number of para-hydroxylation sites is 1. The summed E-state index contributed by atoms with van der Waals surface area (Å²) in [4.78, 5) is 31.1. The van der Waals surface area contributed by atoms with Crippen molar-refractivity contribution in [2.24, 2.45) is 5.92 Å². The molecule has 2 amide bonds. The average Bonchev–Trinajstić information content (AvgIpc) is 3.41. The van der Waals surface area contributed by atoms with Crippen LogP contribution in [0.15, 0.2) is 30.3 Å². The van der Waals surface area contributed by atoms with Crippen molar-refractivity contribution in [3.05, 3.63) is 36.0 Å². The van der Waals surface area contributed by atoms with Crippen molar-refractivity contribution >= 4 is 38.6 Å². The molecule has 1 atom stereocenters. The minimum Gasteiger partial charge on any atom is -0.394 e. The van der Waals surface area contributed by atoms with E-state index in [1.165, 1.54) is 16.2 Å². The highest BCUT2D eigenvalue weighted by atomic mass is 32.1. The number of carbonyl (C=O) groups excluding carboxylic acids is 2. The van der Waals surface area contributed by atoms with Crippen LogP contribution in [0.4, 0.5) is 5.13 Å². The maximum absolute atomic E-state index is 13.0. The number of aliphatic hydroxyl groups is 1. The number of benzene rings is 1. The van der Waals surface area contributed by atoms with Gasteiger partial charge in [0.05, 0.1) is 18.3 Å². The molecule has 0 radical (unpaired) electrons. The van der Waals surface area contributed by atoms with E-state index in [0.29, 0.717) is 15.5 Å². The van der Waals surface area contributed by atoms with Gasteiger partial charge in [-0.25, -0.2) is 4.68 Å². The predicted octanol–water partition coefficient (Wildman–Crippen LogP) is 2.28. The number of carbonyl (C=O) groups is 2. The van der Waals surface area contributed by atoms with Gasteiger partial charge in [-0.2, -0.15) is 10.1 Å². The van der Waals surface area contributed by atoms with Gasteiger partial charge in [0.2, 0.25) is 5.91 Å². The molecule has 8 nitrogen and oxygen atoms in total. The number of aliphatic hydroxyl groups excluding tert-OH is 1. The molecule has 2 aromatic heterocycles. The van der Waals surface area contributed by atoms with E-state index in [-0.39, 0.29) is 36.1 Å². The fraction of sp³-hybridized carbons (Fsp3) is 0.368. The van der Waals surface area contributed by atoms with Gasteiger partial charge in [-0.15, -0.1) is 0 Å². The Kier molecular flexibility index (Phi) is 4.86. The van der Waals surface area contributed by atoms with Gasteiger partial charge in [0.25, 0.3) is 5.91 Å². The topological polar surface area (TPSA) is 100 Å². The van der Waals surface area contributed by atoms with Crippen LogP contribution in [-0.2, 0) is 4.79 Å². The van der Waals surface area contributed by atoms with Crippen LogP contribution in [0.3, 0.4) is 0 Å². The number of hydrogen-bond acceptors (Lipinski definition) is 6. The highest BCUT2D eigenvalue weighted by Gasteiger charge is 2.31. The maximum atomic E-state index is 13.0. The summed E-state index contributed by atoms with van der Waals surface area (Å²) in [5.41, 5.74) is 1.55. The lowest BCUT2D eigenvalue weighted by Crippen LogP contribution is -2.37. The van der Waals surface area contributed by atoms with Gasteiger partial charge in [0, 0.05) is 13.0 Å². The van der Waals surface area contributed by atoms with Crippen LogP contribution in [0, 0.1) is 5.92 Å². The highest BCUT2D eigenvalue weighted by Crippen LogP contribution is 2.34. The van der Waals surface area contributed by atoms with Crippen LogP contribution in [0.25, 0.3) is 16.0 Å². The van der Waals surface area contributed by atoms with E-state index in [0.717, 1.165) is 18.5 Å². The molecule has 0 spiro atoms. The van der Waals surface area contributed by atoms with Crippen LogP contribution < -0.4 is 5.32 Å². The van der Waals surface area contributed by atoms with Gasteiger partial charge in [0.1, 0.15) is 4.70 Å². The Morgan fingerprint density at radius 1 is 1.36 bits per heavy atom. The second kappa shape index (κ2) is 7.33. The number of likely N-dealkylation sites (N-methyl/N-ethyl adjacent to an activating group) is 1. The fourth-order valence-electron chi connectivity index (χ4n) is 2.79. The maximum Gasteiger partial charge on any atom is 0.276 e. The lowest BCUT2D eigenvalue weighted by atomic mass is 10.3. The van der Waals surface area contributed by atoms with Crippen LogP contribution in [0.2, 0.25) is 0 Å². The molecule has 1 aromatic carbocycles. The molecule has 0 aliphatic heterocycles. The fourth-order valence-corrected chi connectivity index (χ4v) is 3.71. The summed E-state index contributed by atoms with van der Waals surface area (Å²) in [5.74, 6) is -0.269. The molecule has 1 saturated carbocycles. The molecular formula is C19H21N5O3S. The van der Waals surface area contributed by atoms with E-state index in [9.17, 15) is 14.7 Å². The molecule has 0 saturated heterocycles. The zero-order chi connectivity index (χ0) is 19.8. The molecule has 1 fully saturated rings. The number of anilines is 1. The molecule has 2 heterocycles. The third kappa shape index (κ3) is 3.38. The van der Waals surface area contributed by atoms with E-state index >= 15 is 0 Å². The highest BCUT2D eigenvalue weighted by molar-refractivity contribution is 7.22. The third-order valence-corrected chi connectivity index (χ3v) is 5.82. The number of aromatic nitrogens is 3. The number of thiazole rings is 1. The largest absolute Gasteiger partial charge is 0.394 e. The molecule has 0 bridgehead atoms. The Morgan fingerprint density at radius 2 is 2.07 bits per heavy atom. The van der Waals surface area contributed by atoms with E-state index in [4.69, 9.17) is 0 Å². The smallest absolute Gasteiger partial charge is 0.276 e. The summed E-state index contributed by atoms with van der Waals surface area (Å²) < 4.78 is 2.22. The summed E-state index contributed by atoms with van der Waals surface area (Å²) in [6.07, 6.45) is 1.81. The van der Waals surface area contributed by atoms with Crippen LogP contribution in [-0.4, -0.2) is 56.3 Å². The number of nitrogens with zero attached hydrogens (tertiary/aromatic N) is 4. The van der Waals surface area contributed by atoms with Gasteiger partial charge in [-0.3, -0.25) is 9.59 Å². The summed E-state index contributed by atoms with van der Waals surface area (Å²) in [6, 6.07) is 9.07. The molecule has 146 valence electrons. The second-order valence-electron chi connectivity index (χ2n) is 6.98. The van der Waals surface area contributed by atoms with Gasteiger partial charge in [0.15, 0.2) is 16.5 Å². The van der Waals surface area contributed by atoms with Crippen molar-refractivity contribution in [1.29, 1.82) is 0 Å². The first-order chi connectivity index (χ1) is 13.5. The molecule has 0 unspecified atom stereocenters. The van der Waals surface area contributed by atoms with Crippen molar-refractivity contribution < 1.29 is 14.7 Å². The zero-order valence-electron chi connectivity index (χ0n) is 15.6. The van der Waals surface area contributed by atoms with E-state index in [1.807, 2.05) is 30.3 Å². The Hall–Kier alpha value is -2.78. The predicted molar refractivity (Wildman–Crippen MR) is 107 cm³/mol. The summed E-state index contributed by atoms with van der Waals surface area (Å²) in [7, 11) is 1.63. The van der Waals surface area contributed by atoms with Crippen LogP contribution in [0.5, 0.6) is 0 Å². The lowest BCUT2D eigenvalue weighted by molar-refractivity contribution is -0.117.